The van der Waals surface area contributed by atoms with E-state index < -0.39 is 0 Å². The molecule has 0 aliphatic carbocycles. The average molecular weight is 359 g/mol. The van der Waals surface area contributed by atoms with Gasteiger partial charge in [0.05, 0.1) is 17.0 Å². The van der Waals surface area contributed by atoms with Crippen molar-refractivity contribution in [1.29, 1.82) is 5.26 Å². The number of hydrogen-bond donors (Lipinski definition) is 2. The van der Waals surface area contributed by atoms with Gasteiger partial charge in [0.15, 0.2) is 0 Å². The van der Waals surface area contributed by atoms with Crippen molar-refractivity contribution in [3.8, 4) is 6.07 Å². The summed E-state index contributed by atoms with van der Waals surface area (Å²) in [6, 6.07) is 9.46. The first kappa shape index (κ1) is 18.0. The third-order valence-corrected chi connectivity index (χ3v) is 5.50. The van der Waals surface area contributed by atoms with Crippen molar-refractivity contribution in [1.82, 2.24) is 0 Å². The van der Waals surface area contributed by atoms with Crippen molar-refractivity contribution in [3.05, 3.63) is 40.3 Å². The number of amides is 2. The Bertz CT molecular complexity index is 822. The SMILES string of the molecule is CC(=O)Nc1ccccc1SCC(=O)Nc1sc(C)c(C)c1C#N. The summed E-state index contributed by atoms with van der Waals surface area (Å²) in [5.74, 6) is -0.150. The lowest BCUT2D eigenvalue weighted by Gasteiger charge is -2.09. The van der Waals surface area contributed by atoms with Gasteiger partial charge in [-0.05, 0) is 31.5 Å². The van der Waals surface area contributed by atoms with Crippen LogP contribution in [0.3, 0.4) is 0 Å². The molecule has 0 saturated heterocycles. The second-order valence-corrected chi connectivity index (χ2v) is 7.36. The van der Waals surface area contributed by atoms with Crippen LogP contribution < -0.4 is 10.6 Å². The molecular weight excluding hydrogens is 342 g/mol. The number of aryl methyl sites for hydroxylation is 1. The summed E-state index contributed by atoms with van der Waals surface area (Å²) >= 11 is 2.74. The molecule has 0 atom stereocenters. The lowest BCUT2D eigenvalue weighted by atomic mass is 10.2. The quantitative estimate of drug-likeness (QED) is 0.793. The number of anilines is 2. The molecule has 1 aromatic heterocycles. The minimum atomic E-state index is -0.185. The van der Waals surface area contributed by atoms with Gasteiger partial charge in [-0.1, -0.05) is 12.1 Å². The number of hydrogen-bond acceptors (Lipinski definition) is 5. The fourth-order valence-corrected chi connectivity index (χ4v) is 3.88. The van der Waals surface area contributed by atoms with E-state index in [1.54, 1.807) is 6.07 Å². The monoisotopic (exact) mass is 359 g/mol. The van der Waals surface area contributed by atoms with Gasteiger partial charge in [-0.3, -0.25) is 9.59 Å². The maximum absolute atomic E-state index is 12.2. The van der Waals surface area contributed by atoms with Crippen molar-refractivity contribution in [2.45, 2.75) is 25.7 Å². The largest absolute Gasteiger partial charge is 0.325 e. The Kier molecular flexibility index (Phi) is 6.01. The number of benzene rings is 1. The molecule has 0 spiro atoms. The predicted molar refractivity (Wildman–Crippen MR) is 98.6 cm³/mol. The van der Waals surface area contributed by atoms with Gasteiger partial charge in [-0.15, -0.1) is 23.1 Å². The van der Waals surface area contributed by atoms with Gasteiger partial charge in [-0.2, -0.15) is 5.26 Å². The minimum Gasteiger partial charge on any atom is -0.325 e. The highest BCUT2D eigenvalue weighted by atomic mass is 32.2. The zero-order chi connectivity index (χ0) is 17.7. The summed E-state index contributed by atoms with van der Waals surface area (Å²) in [5, 5.41) is 15.4. The number of carbonyl (C=O) groups excluding carboxylic acids is 2. The van der Waals surface area contributed by atoms with Gasteiger partial charge in [0.1, 0.15) is 11.1 Å². The molecule has 0 radical (unpaired) electrons. The van der Waals surface area contributed by atoms with E-state index in [-0.39, 0.29) is 17.6 Å². The van der Waals surface area contributed by atoms with Gasteiger partial charge >= 0.3 is 0 Å². The first-order valence-corrected chi connectivity index (χ1v) is 9.02. The molecule has 124 valence electrons. The van der Waals surface area contributed by atoms with Crippen LogP contribution in [0.5, 0.6) is 0 Å². The van der Waals surface area contributed by atoms with E-state index >= 15 is 0 Å². The molecule has 1 heterocycles. The zero-order valence-electron chi connectivity index (χ0n) is 13.6. The summed E-state index contributed by atoms with van der Waals surface area (Å²) in [4.78, 5) is 25.2. The van der Waals surface area contributed by atoms with E-state index in [2.05, 4.69) is 16.7 Å². The lowest BCUT2D eigenvalue weighted by molar-refractivity contribution is -0.114. The van der Waals surface area contributed by atoms with E-state index in [0.29, 0.717) is 16.3 Å². The molecule has 2 aromatic rings. The number of nitriles is 1. The molecule has 0 aliphatic heterocycles. The summed E-state index contributed by atoms with van der Waals surface area (Å²) < 4.78 is 0. The topological polar surface area (TPSA) is 82.0 Å². The number of nitrogens with one attached hydrogen (secondary N) is 2. The zero-order valence-corrected chi connectivity index (χ0v) is 15.2. The number of carbonyl (C=O) groups is 2. The third-order valence-electron chi connectivity index (χ3n) is 3.31. The highest BCUT2D eigenvalue weighted by Gasteiger charge is 2.15. The van der Waals surface area contributed by atoms with Crippen LogP contribution in [0.1, 0.15) is 22.9 Å². The van der Waals surface area contributed by atoms with Crippen LogP contribution >= 0.6 is 23.1 Å². The standard InChI is InChI=1S/C17H17N3O2S2/c1-10-11(2)24-17(13(10)8-18)20-16(22)9-23-15-7-5-4-6-14(15)19-12(3)21/h4-7H,9H2,1-3H3,(H,19,21)(H,20,22). The van der Waals surface area contributed by atoms with E-state index in [1.165, 1.54) is 30.0 Å². The first-order chi connectivity index (χ1) is 11.4. The van der Waals surface area contributed by atoms with Gasteiger partial charge < -0.3 is 10.6 Å². The normalized spacial score (nSPS) is 10.1. The van der Waals surface area contributed by atoms with Crippen LogP contribution in [-0.4, -0.2) is 17.6 Å². The Morgan fingerprint density at radius 2 is 1.96 bits per heavy atom. The van der Waals surface area contributed by atoms with Crippen LogP contribution in [0.15, 0.2) is 29.2 Å². The van der Waals surface area contributed by atoms with Crippen molar-refractivity contribution in [3.63, 3.8) is 0 Å². The Balaban J connectivity index is 2.04. The van der Waals surface area contributed by atoms with Crippen molar-refractivity contribution >= 4 is 45.6 Å². The molecule has 24 heavy (non-hydrogen) atoms. The van der Waals surface area contributed by atoms with E-state index in [1.807, 2.05) is 32.0 Å². The fourth-order valence-electron chi connectivity index (χ4n) is 2.04. The highest BCUT2D eigenvalue weighted by Crippen LogP contribution is 2.32. The molecule has 0 unspecified atom stereocenters. The molecular formula is C17H17N3O2S2. The molecule has 0 aliphatic rings. The fraction of sp³-hybridized carbons (Fsp3) is 0.235. The van der Waals surface area contributed by atoms with Crippen LogP contribution in [0.4, 0.5) is 10.7 Å². The molecule has 0 fully saturated rings. The summed E-state index contributed by atoms with van der Waals surface area (Å²) in [6.45, 7) is 5.24. The molecule has 2 amide bonds. The van der Waals surface area contributed by atoms with E-state index in [9.17, 15) is 14.9 Å². The number of rotatable bonds is 5. The Labute approximate surface area is 149 Å². The van der Waals surface area contributed by atoms with Gasteiger partial charge in [0, 0.05) is 16.7 Å². The number of thiophene rings is 1. The van der Waals surface area contributed by atoms with Crippen molar-refractivity contribution in [2.75, 3.05) is 16.4 Å². The molecule has 0 saturated carbocycles. The number of para-hydroxylation sites is 1. The van der Waals surface area contributed by atoms with Crippen LogP contribution in [-0.2, 0) is 9.59 Å². The summed E-state index contributed by atoms with van der Waals surface area (Å²) in [7, 11) is 0. The number of nitrogens with zero attached hydrogens (tertiary/aromatic N) is 1. The maximum atomic E-state index is 12.2. The van der Waals surface area contributed by atoms with Crippen LogP contribution in [0, 0.1) is 25.2 Å². The van der Waals surface area contributed by atoms with Gasteiger partial charge in [0.2, 0.25) is 11.8 Å². The molecule has 2 rings (SSSR count). The van der Waals surface area contributed by atoms with Crippen LogP contribution in [0.2, 0.25) is 0 Å². The van der Waals surface area contributed by atoms with Crippen molar-refractivity contribution < 1.29 is 9.59 Å². The van der Waals surface area contributed by atoms with Crippen molar-refractivity contribution in [2.24, 2.45) is 0 Å². The molecule has 5 nitrogen and oxygen atoms in total. The number of thioether (sulfide) groups is 1. The van der Waals surface area contributed by atoms with Gasteiger partial charge in [0.25, 0.3) is 0 Å². The molecule has 2 N–H and O–H groups in total. The first-order valence-electron chi connectivity index (χ1n) is 7.21. The van der Waals surface area contributed by atoms with Crippen LogP contribution in [0.25, 0.3) is 0 Å². The molecule has 1 aromatic carbocycles. The second kappa shape index (κ2) is 7.99. The Morgan fingerprint density at radius 1 is 1.25 bits per heavy atom. The third kappa shape index (κ3) is 4.37. The summed E-state index contributed by atoms with van der Waals surface area (Å²) in [6.07, 6.45) is 0. The smallest absolute Gasteiger partial charge is 0.235 e. The van der Waals surface area contributed by atoms with E-state index in [0.717, 1.165) is 15.3 Å². The minimum absolute atomic E-state index is 0.157. The molecule has 0 bridgehead atoms. The second-order valence-electron chi connectivity index (χ2n) is 5.11. The van der Waals surface area contributed by atoms with E-state index in [4.69, 9.17) is 0 Å². The highest BCUT2D eigenvalue weighted by molar-refractivity contribution is 8.00. The predicted octanol–water partition coefficient (Wildman–Crippen LogP) is 3.93. The van der Waals surface area contributed by atoms with Gasteiger partial charge in [-0.25, -0.2) is 0 Å². The Morgan fingerprint density at radius 3 is 2.62 bits per heavy atom. The lowest BCUT2D eigenvalue weighted by Crippen LogP contribution is -2.14. The summed E-state index contributed by atoms with van der Waals surface area (Å²) in [5.41, 5.74) is 2.11. The maximum Gasteiger partial charge on any atom is 0.235 e. The average Bonchev–Trinajstić information content (AvgIpc) is 2.79. The Hall–Kier alpha value is -2.30. The molecule has 7 heteroatoms.